The molecule has 0 saturated heterocycles. The summed E-state index contributed by atoms with van der Waals surface area (Å²) in [6, 6.07) is 13.0. The summed E-state index contributed by atoms with van der Waals surface area (Å²) in [5.74, 6) is -0.134. The molecule has 0 unspecified atom stereocenters. The fourth-order valence-electron chi connectivity index (χ4n) is 4.71. The van der Waals surface area contributed by atoms with Crippen LogP contribution < -0.4 is 9.47 Å². The van der Waals surface area contributed by atoms with Gasteiger partial charge in [0.05, 0.1) is 44.4 Å². The lowest BCUT2D eigenvalue weighted by Crippen LogP contribution is -2.41. The molecule has 0 aliphatic rings. The molecule has 0 fully saturated rings. The number of methoxy groups -OCH3 is 1. The summed E-state index contributed by atoms with van der Waals surface area (Å²) in [6.45, 7) is 7.33. The number of hydrogen-bond donors (Lipinski definition) is 0. The third-order valence-corrected chi connectivity index (χ3v) is 6.98. The van der Waals surface area contributed by atoms with Gasteiger partial charge in [-0.15, -0.1) is 8.78 Å². The minimum Gasteiger partial charge on any atom is -0.496 e. The topological polar surface area (TPSA) is 68.2 Å². The molecule has 7 nitrogen and oxygen atoms in total. The predicted molar refractivity (Wildman–Crippen MR) is 160 cm³/mol. The Morgan fingerprint density at radius 3 is 2.17 bits per heavy atom. The highest BCUT2D eigenvalue weighted by molar-refractivity contribution is 5.89. The Morgan fingerprint density at radius 2 is 1.57 bits per heavy atom. The first-order valence-corrected chi connectivity index (χ1v) is 14.9. The highest BCUT2D eigenvalue weighted by Crippen LogP contribution is 2.38. The molecule has 0 saturated carbocycles. The van der Waals surface area contributed by atoms with E-state index in [-0.39, 0.29) is 11.3 Å². The van der Waals surface area contributed by atoms with E-state index in [1.54, 1.807) is 19.2 Å². The minimum atomic E-state index is -5.36. The fraction of sp³-hybridized carbons (Fsp3) is 0.485. The van der Waals surface area contributed by atoms with E-state index in [0.29, 0.717) is 6.54 Å². The van der Waals surface area contributed by atoms with Gasteiger partial charge in [-0.05, 0) is 62.6 Å². The van der Waals surface area contributed by atoms with E-state index in [1.165, 1.54) is 18.6 Å². The maximum Gasteiger partial charge on any atom is 0.494 e. The monoisotopic (exact) mass is 659 g/mol. The van der Waals surface area contributed by atoms with Crippen LogP contribution in [0.1, 0.15) is 58.4 Å². The first-order chi connectivity index (χ1) is 21.6. The summed E-state index contributed by atoms with van der Waals surface area (Å²) >= 11 is 0. The number of ether oxygens (including phenoxy) is 5. The van der Waals surface area contributed by atoms with E-state index in [2.05, 4.69) is 33.8 Å². The second kappa shape index (κ2) is 15.7. The molecule has 0 N–H and O–H groups in total. The van der Waals surface area contributed by atoms with Crippen LogP contribution in [0.4, 0.5) is 26.3 Å². The largest absolute Gasteiger partial charge is 0.496 e. The highest BCUT2D eigenvalue weighted by Gasteiger charge is 2.52. The van der Waals surface area contributed by atoms with Gasteiger partial charge in [0.25, 0.3) is 0 Å². The van der Waals surface area contributed by atoms with Crippen LogP contribution in [0.2, 0.25) is 0 Å². The van der Waals surface area contributed by atoms with Crippen molar-refractivity contribution in [3.05, 3.63) is 60.2 Å². The fourth-order valence-corrected chi connectivity index (χ4v) is 4.71. The molecule has 0 radical (unpaired) electrons. The van der Waals surface area contributed by atoms with E-state index < -0.39 is 50.5 Å². The molecule has 1 heterocycles. The van der Waals surface area contributed by atoms with Gasteiger partial charge >= 0.3 is 24.5 Å². The highest BCUT2D eigenvalue weighted by atomic mass is 19.3. The number of unbranched alkanes of at least 4 members (excludes halogenated alkanes) is 2. The number of carbonyl (C=O) groups excluding carboxylic acids is 1. The molecule has 2 aromatic carbocycles. The van der Waals surface area contributed by atoms with E-state index in [9.17, 15) is 31.1 Å². The zero-order chi connectivity index (χ0) is 34.1. The van der Waals surface area contributed by atoms with Crippen LogP contribution in [-0.2, 0) is 32.0 Å². The number of hydrogen-bond acceptors (Lipinski definition) is 6. The third kappa shape index (κ3) is 10.4. The third-order valence-electron chi connectivity index (χ3n) is 6.98. The second-order valence-electron chi connectivity index (χ2n) is 10.7. The second-order valence-corrected chi connectivity index (χ2v) is 10.7. The lowest BCUT2D eigenvalue weighted by Gasteiger charge is -2.26. The standard InChI is InChI=1S/C33H39F6NO6/c1-6-8-9-10-23-11-14-26(29(19-23)42-5)28-20-24-12-13-25(21-27(24)40(28)7-2)43-17-15-31(34,35)45-33(38,39)46-32(36,37)16-18-44-30(41)22(3)4/h11-14,19-21H,3,6-10,15-18H2,1-2,4-5H3. The molecule has 46 heavy (non-hydrogen) atoms. The maximum absolute atomic E-state index is 14.2. The van der Waals surface area contributed by atoms with Crippen molar-refractivity contribution < 1.29 is 54.8 Å². The van der Waals surface area contributed by atoms with Crippen LogP contribution in [0.5, 0.6) is 11.5 Å². The van der Waals surface area contributed by atoms with Gasteiger partial charge in [0.1, 0.15) is 11.5 Å². The molecule has 0 spiro atoms. The van der Waals surface area contributed by atoms with E-state index in [0.717, 1.165) is 53.6 Å². The average molecular weight is 660 g/mol. The van der Waals surface area contributed by atoms with Gasteiger partial charge in [-0.1, -0.05) is 32.4 Å². The van der Waals surface area contributed by atoms with Crippen LogP contribution in [-0.4, -0.2) is 49.4 Å². The minimum absolute atomic E-state index is 0.108. The van der Waals surface area contributed by atoms with Crippen LogP contribution in [0.15, 0.2) is 54.6 Å². The Bertz CT molecular complexity index is 1490. The number of halogens is 6. The summed E-state index contributed by atoms with van der Waals surface area (Å²) in [5.41, 5.74) is 3.55. The normalized spacial score (nSPS) is 12.4. The van der Waals surface area contributed by atoms with Crippen molar-refractivity contribution in [3.63, 3.8) is 0 Å². The zero-order valence-corrected chi connectivity index (χ0v) is 26.3. The molecular weight excluding hydrogens is 620 g/mol. The predicted octanol–water partition coefficient (Wildman–Crippen LogP) is 9.12. The Kier molecular flexibility index (Phi) is 12.6. The summed E-state index contributed by atoms with van der Waals surface area (Å²) in [7, 11) is 1.61. The molecule has 13 heteroatoms. The van der Waals surface area contributed by atoms with Crippen LogP contribution in [0.25, 0.3) is 22.2 Å². The van der Waals surface area contributed by atoms with Gasteiger partial charge in [0.2, 0.25) is 0 Å². The first-order valence-electron chi connectivity index (χ1n) is 14.9. The lowest BCUT2D eigenvalue weighted by molar-refractivity contribution is -0.514. The van der Waals surface area contributed by atoms with Gasteiger partial charge in [0, 0.05) is 29.1 Å². The van der Waals surface area contributed by atoms with Crippen LogP contribution >= 0.6 is 0 Å². The van der Waals surface area contributed by atoms with Gasteiger partial charge in [-0.3, -0.25) is 0 Å². The molecule has 254 valence electrons. The van der Waals surface area contributed by atoms with E-state index in [1.807, 2.05) is 29.7 Å². The van der Waals surface area contributed by atoms with Crippen molar-refractivity contribution in [2.24, 2.45) is 0 Å². The van der Waals surface area contributed by atoms with Crippen molar-refractivity contribution >= 4 is 16.9 Å². The number of esters is 1. The van der Waals surface area contributed by atoms with Crippen molar-refractivity contribution in [2.45, 2.75) is 84.4 Å². The molecule has 3 rings (SSSR count). The number of benzene rings is 2. The Labute approximate surface area is 264 Å². The van der Waals surface area contributed by atoms with Crippen molar-refractivity contribution in [2.75, 3.05) is 20.3 Å². The summed E-state index contributed by atoms with van der Waals surface area (Å²) < 4.78 is 108. The molecule has 0 amide bonds. The molecule has 3 aromatic rings. The van der Waals surface area contributed by atoms with E-state index in [4.69, 9.17) is 9.47 Å². The first kappa shape index (κ1) is 36.8. The maximum atomic E-state index is 14.2. The number of fused-ring (bicyclic) bond motifs is 1. The number of nitrogens with zero attached hydrogens (tertiary/aromatic N) is 1. The molecular formula is C33H39F6NO6. The SMILES string of the molecule is C=C(C)C(=O)OCCC(F)(F)OC(F)(F)OC(F)(F)CCOc1ccc2cc(-c3ccc(CCCCC)cc3OC)n(CC)c2c1. The van der Waals surface area contributed by atoms with Crippen molar-refractivity contribution in [1.29, 1.82) is 0 Å². The van der Waals surface area contributed by atoms with Crippen molar-refractivity contribution in [1.82, 2.24) is 4.57 Å². The summed E-state index contributed by atoms with van der Waals surface area (Å²) in [6.07, 6.45) is -13.2. The quantitative estimate of drug-likeness (QED) is 0.0421. The molecule has 0 atom stereocenters. The smallest absolute Gasteiger partial charge is 0.494 e. The van der Waals surface area contributed by atoms with Gasteiger partial charge < -0.3 is 18.8 Å². The van der Waals surface area contributed by atoms with Crippen molar-refractivity contribution in [3.8, 4) is 22.8 Å². The Morgan fingerprint density at radius 1 is 0.891 bits per heavy atom. The number of carbonyl (C=O) groups is 1. The molecule has 0 bridgehead atoms. The Hall–Kier alpha value is -3.71. The average Bonchev–Trinajstić information content (AvgIpc) is 3.33. The summed E-state index contributed by atoms with van der Waals surface area (Å²) in [4.78, 5) is 11.2. The summed E-state index contributed by atoms with van der Waals surface area (Å²) in [5, 5.41) is 0.846. The number of alkyl halides is 6. The number of aromatic nitrogens is 1. The molecule has 1 aromatic heterocycles. The van der Waals surface area contributed by atoms with Crippen LogP contribution in [0.3, 0.4) is 0 Å². The zero-order valence-electron chi connectivity index (χ0n) is 26.3. The van der Waals surface area contributed by atoms with Gasteiger partial charge in [0.15, 0.2) is 0 Å². The molecule has 0 aliphatic carbocycles. The van der Waals surface area contributed by atoms with Gasteiger partial charge in [-0.2, -0.15) is 17.6 Å². The number of aryl methyl sites for hydroxylation is 2. The number of rotatable bonds is 19. The molecule has 0 aliphatic heterocycles. The van der Waals surface area contributed by atoms with Gasteiger partial charge in [-0.25, -0.2) is 14.3 Å². The lowest BCUT2D eigenvalue weighted by atomic mass is 10.0. The van der Waals surface area contributed by atoms with Crippen LogP contribution in [0, 0.1) is 0 Å². The Balaban J connectivity index is 1.65. The van der Waals surface area contributed by atoms with E-state index >= 15 is 0 Å².